The highest BCUT2D eigenvalue weighted by Crippen LogP contribution is 2.18. The number of nitrogens with one attached hydrogen (secondary N) is 2. The standard InChI is InChI=1S/C12H12N4O2/c1-7-9(11-13-4-3-5-14-11)6-10(12(18)15-7)16-8(2)17/h3-6H,1-2H3,(H,15,18)(H,16,17). The van der Waals surface area contributed by atoms with Crippen LogP contribution in [0, 0.1) is 6.92 Å². The van der Waals surface area contributed by atoms with Crippen LogP contribution in [0.3, 0.4) is 0 Å². The number of rotatable bonds is 2. The number of carbonyl (C=O) groups excluding carboxylic acids is 1. The number of aryl methyl sites for hydroxylation is 1. The van der Waals surface area contributed by atoms with Crippen molar-refractivity contribution in [1.82, 2.24) is 15.0 Å². The van der Waals surface area contributed by atoms with Crippen LogP contribution in [0.2, 0.25) is 0 Å². The molecule has 2 N–H and O–H groups in total. The fourth-order valence-electron chi connectivity index (χ4n) is 1.58. The molecule has 0 aliphatic heterocycles. The average Bonchev–Trinajstić information content (AvgIpc) is 2.33. The van der Waals surface area contributed by atoms with E-state index in [0.29, 0.717) is 17.1 Å². The molecule has 2 aromatic heterocycles. The lowest BCUT2D eigenvalue weighted by molar-refractivity contribution is -0.114. The number of H-pyrrole nitrogens is 1. The molecule has 0 spiro atoms. The molecule has 0 saturated carbocycles. The minimum Gasteiger partial charge on any atom is -0.324 e. The number of pyridine rings is 1. The molecule has 0 aromatic carbocycles. The summed E-state index contributed by atoms with van der Waals surface area (Å²) in [5, 5.41) is 2.47. The Labute approximate surface area is 103 Å². The summed E-state index contributed by atoms with van der Waals surface area (Å²) in [4.78, 5) is 33.5. The van der Waals surface area contributed by atoms with Crippen molar-refractivity contribution in [1.29, 1.82) is 0 Å². The van der Waals surface area contributed by atoms with E-state index in [1.807, 2.05) is 0 Å². The number of nitrogens with zero attached hydrogens (tertiary/aromatic N) is 2. The van der Waals surface area contributed by atoms with Gasteiger partial charge in [-0.1, -0.05) is 0 Å². The normalized spacial score (nSPS) is 10.1. The summed E-state index contributed by atoms with van der Waals surface area (Å²) in [6.45, 7) is 3.10. The summed E-state index contributed by atoms with van der Waals surface area (Å²) in [7, 11) is 0. The summed E-state index contributed by atoms with van der Waals surface area (Å²) in [5.41, 5.74) is 1.18. The van der Waals surface area contributed by atoms with E-state index in [-0.39, 0.29) is 17.2 Å². The highest BCUT2D eigenvalue weighted by atomic mass is 16.2. The van der Waals surface area contributed by atoms with Crippen molar-refractivity contribution < 1.29 is 4.79 Å². The van der Waals surface area contributed by atoms with E-state index in [4.69, 9.17) is 0 Å². The molecule has 0 fully saturated rings. The first-order valence-electron chi connectivity index (χ1n) is 5.37. The van der Waals surface area contributed by atoms with Gasteiger partial charge in [0.1, 0.15) is 5.69 Å². The molecular formula is C12H12N4O2. The molecule has 2 rings (SSSR count). The lowest BCUT2D eigenvalue weighted by Gasteiger charge is -2.07. The second kappa shape index (κ2) is 4.79. The molecule has 0 bridgehead atoms. The van der Waals surface area contributed by atoms with E-state index < -0.39 is 0 Å². The van der Waals surface area contributed by atoms with Gasteiger partial charge in [0.25, 0.3) is 5.56 Å². The van der Waals surface area contributed by atoms with E-state index in [1.54, 1.807) is 31.5 Å². The van der Waals surface area contributed by atoms with Gasteiger partial charge in [0.2, 0.25) is 5.91 Å². The topological polar surface area (TPSA) is 87.7 Å². The van der Waals surface area contributed by atoms with Gasteiger partial charge >= 0.3 is 0 Å². The molecule has 0 unspecified atom stereocenters. The van der Waals surface area contributed by atoms with Gasteiger partial charge in [0.15, 0.2) is 5.82 Å². The summed E-state index contributed by atoms with van der Waals surface area (Å²) in [5.74, 6) is 0.196. The molecule has 2 heterocycles. The molecule has 0 atom stereocenters. The van der Waals surface area contributed by atoms with E-state index in [2.05, 4.69) is 20.3 Å². The van der Waals surface area contributed by atoms with E-state index in [9.17, 15) is 9.59 Å². The maximum atomic E-state index is 11.6. The smallest absolute Gasteiger partial charge is 0.271 e. The number of aromatic amines is 1. The molecule has 0 aliphatic carbocycles. The van der Waals surface area contributed by atoms with Gasteiger partial charge in [0.05, 0.1) is 0 Å². The predicted octanol–water partition coefficient (Wildman–Crippen LogP) is 1.10. The second-order valence-electron chi connectivity index (χ2n) is 3.80. The van der Waals surface area contributed by atoms with Crippen LogP contribution in [0.5, 0.6) is 0 Å². The third kappa shape index (κ3) is 2.42. The highest BCUT2D eigenvalue weighted by Gasteiger charge is 2.10. The Balaban J connectivity index is 2.55. The molecule has 6 heteroatoms. The van der Waals surface area contributed by atoms with Crippen LogP contribution in [-0.2, 0) is 4.79 Å². The van der Waals surface area contributed by atoms with Gasteiger partial charge in [-0.2, -0.15) is 0 Å². The Kier molecular flexibility index (Phi) is 3.18. The number of anilines is 1. The zero-order valence-electron chi connectivity index (χ0n) is 10.0. The Hall–Kier alpha value is -2.50. The average molecular weight is 244 g/mol. The van der Waals surface area contributed by atoms with Crippen molar-refractivity contribution in [3.8, 4) is 11.4 Å². The van der Waals surface area contributed by atoms with Gasteiger partial charge in [-0.05, 0) is 19.1 Å². The van der Waals surface area contributed by atoms with E-state index >= 15 is 0 Å². The number of aromatic nitrogens is 3. The van der Waals surface area contributed by atoms with Gasteiger partial charge in [0, 0.05) is 30.6 Å². The van der Waals surface area contributed by atoms with E-state index in [1.165, 1.54) is 6.92 Å². The first-order chi connectivity index (χ1) is 8.58. The van der Waals surface area contributed by atoms with Gasteiger partial charge < -0.3 is 10.3 Å². The van der Waals surface area contributed by atoms with Gasteiger partial charge in [-0.3, -0.25) is 9.59 Å². The monoisotopic (exact) mass is 244 g/mol. The molecule has 2 aromatic rings. The van der Waals surface area contributed by atoms with Crippen molar-refractivity contribution in [2.24, 2.45) is 0 Å². The van der Waals surface area contributed by atoms with Crippen molar-refractivity contribution >= 4 is 11.6 Å². The largest absolute Gasteiger partial charge is 0.324 e. The zero-order chi connectivity index (χ0) is 13.1. The number of carbonyl (C=O) groups is 1. The Bertz CT molecular complexity index is 634. The SMILES string of the molecule is CC(=O)Nc1cc(-c2ncccn2)c(C)[nH]c1=O. The first-order valence-corrected chi connectivity index (χ1v) is 5.37. The lowest BCUT2D eigenvalue weighted by atomic mass is 10.1. The number of amides is 1. The minimum absolute atomic E-state index is 0.190. The minimum atomic E-state index is -0.345. The summed E-state index contributed by atoms with van der Waals surface area (Å²) in [6.07, 6.45) is 3.23. The van der Waals surface area contributed by atoms with Crippen LogP contribution in [-0.4, -0.2) is 20.9 Å². The Morgan fingerprint density at radius 2 is 2.00 bits per heavy atom. The van der Waals surface area contributed by atoms with E-state index in [0.717, 1.165) is 0 Å². The zero-order valence-corrected chi connectivity index (χ0v) is 10.0. The molecule has 0 saturated heterocycles. The molecule has 6 nitrogen and oxygen atoms in total. The molecule has 92 valence electrons. The fourth-order valence-corrected chi connectivity index (χ4v) is 1.58. The predicted molar refractivity (Wildman–Crippen MR) is 67.1 cm³/mol. The Morgan fingerprint density at radius 1 is 1.33 bits per heavy atom. The van der Waals surface area contributed by atoms with Crippen LogP contribution in [0.15, 0.2) is 29.3 Å². The Morgan fingerprint density at radius 3 is 2.61 bits per heavy atom. The number of hydrogen-bond acceptors (Lipinski definition) is 4. The lowest BCUT2D eigenvalue weighted by Crippen LogP contribution is -2.18. The van der Waals surface area contributed by atoms with Crippen molar-refractivity contribution in [3.63, 3.8) is 0 Å². The molecule has 18 heavy (non-hydrogen) atoms. The molecule has 0 radical (unpaired) electrons. The maximum Gasteiger partial charge on any atom is 0.271 e. The van der Waals surface area contributed by atoms with Gasteiger partial charge in [-0.25, -0.2) is 9.97 Å². The summed E-state index contributed by atoms with van der Waals surface area (Å²) >= 11 is 0. The molecule has 1 amide bonds. The van der Waals surface area contributed by atoms with Crippen LogP contribution in [0.4, 0.5) is 5.69 Å². The highest BCUT2D eigenvalue weighted by molar-refractivity contribution is 5.89. The quantitative estimate of drug-likeness (QED) is 0.828. The molecular weight excluding hydrogens is 232 g/mol. The third-order valence-corrected chi connectivity index (χ3v) is 2.36. The molecule has 0 aliphatic rings. The third-order valence-electron chi connectivity index (χ3n) is 2.36. The summed E-state index contributed by atoms with van der Waals surface area (Å²) < 4.78 is 0. The van der Waals surface area contributed by atoms with Gasteiger partial charge in [-0.15, -0.1) is 0 Å². The van der Waals surface area contributed by atoms with Crippen LogP contribution in [0.1, 0.15) is 12.6 Å². The maximum absolute atomic E-state index is 11.6. The van der Waals surface area contributed by atoms with Crippen molar-refractivity contribution in [3.05, 3.63) is 40.6 Å². The van der Waals surface area contributed by atoms with Crippen molar-refractivity contribution in [2.75, 3.05) is 5.32 Å². The van der Waals surface area contributed by atoms with Crippen LogP contribution in [0.25, 0.3) is 11.4 Å². The van der Waals surface area contributed by atoms with Crippen molar-refractivity contribution in [2.45, 2.75) is 13.8 Å². The van der Waals surface area contributed by atoms with Crippen LogP contribution < -0.4 is 10.9 Å². The number of hydrogen-bond donors (Lipinski definition) is 2. The second-order valence-corrected chi connectivity index (χ2v) is 3.80. The first kappa shape index (κ1) is 12.0. The van der Waals surface area contributed by atoms with Crippen LogP contribution >= 0.6 is 0 Å². The fraction of sp³-hybridized carbons (Fsp3) is 0.167. The summed E-state index contributed by atoms with van der Waals surface area (Å²) in [6, 6.07) is 3.28.